The molecule has 1 saturated heterocycles. The molecule has 3 N–H and O–H groups in total. The third kappa shape index (κ3) is 7.02. The molecule has 9 heteroatoms. The summed E-state index contributed by atoms with van der Waals surface area (Å²) in [4.78, 5) is 36.1. The minimum absolute atomic E-state index is 0.154. The number of carboxylic acids is 2. The smallest absolute Gasteiger partial charge is 0.317 e. The van der Waals surface area contributed by atoms with E-state index in [1.807, 2.05) is 0 Å². The summed E-state index contributed by atoms with van der Waals surface area (Å²) in [7, 11) is 0. The molecule has 1 heterocycles. The quantitative estimate of drug-likeness (QED) is 0.508. The Morgan fingerprint density at radius 2 is 1.76 bits per heavy atom. The second kappa shape index (κ2) is 8.55. The Labute approximate surface area is 122 Å². The monoisotopic (exact) mass is 303 g/mol. The highest BCUT2D eigenvalue weighted by atomic mass is 16.6. The van der Waals surface area contributed by atoms with Crippen molar-refractivity contribution in [3.63, 3.8) is 0 Å². The van der Waals surface area contributed by atoms with Crippen molar-refractivity contribution in [3.8, 4) is 0 Å². The number of carboxylic acid groups (broad SMARTS) is 2. The van der Waals surface area contributed by atoms with Crippen LogP contribution < -0.4 is 5.32 Å². The lowest BCUT2D eigenvalue weighted by Gasteiger charge is -2.32. The summed E-state index contributed by atoms with van der Waals surface area (Å²) in [5, 5.41) is 20.9. The third-order valence-corrected chi connectivity index (χ3v) is 3.00. The van der Waals surface area contributed by atoms with Gasteiger partial charge in [0.05, 0.1) is 19.6 Å². The highest BCUT2D eigenvalue weighted by Gasteiger charge is 2.27. The van der Waals surface area contributed by atoms with Gasteiger partial charge in [-0.2, -0.15) is 0 Å². The molecule has 1 unspecified atom stereocenters. The van der Waals surface area contributed by atoms with Gasteiger partial charge in [-0.15, -0.1) is 0 Å². The summed E-state index contributed by atoms with van der Waals surface area (Å²) in [5.74, 6) is -2.55. The van der Waals surface area contributed by atoms with Crippen molar-refractivity contribution < 1.29 is 29.3 Å². The number of nitrogens with one attached hydrogen (secondary N) is 1. The van der Waals surface area contributed by atoms with Crippen LogP contribution in [0.25, 0.3) is 0 Å². The van der Waals surface area contributed by atoms with Crippen molar-refractivity contribution in [2.45, 2.75) is 13.2 Å². The van der Waals surface area contributed by atoms with E-state index < -0.39 is 24.1 Å². The van der Waals surface area contributed by atoms with Gasteiger partial charge in [-0.05, 0) is 0 Å². The SMILES string of the molecule is CC(=O)OC1CN(CC(=O)O)CCNCCN1CC(=O)O. The average Bonchev–Trinajstić information content (AvgIpc) is 2.40. The van der Waals surface area contributed by atoms with Gasteiger partial charge < -0.3 is 20.3 Å². The van der Waals surface area contributed by atoms with Gasteiger partial charge >= 0.3 is 17.9 Å². The zero-order valence-corrected chi connectivity index (χ0v) is 11.9. The van der Waals surface area contributed by atoms with E-state index in [-0.39, 0.29) is 19.6 Å². The Morgan fingerprint density at radius 3 is 2.33 bits per heavy atom. The van der Waals surface area contributed by atoms with Crippen LogP contribution in [0, 0.1) is 0 Å². The number of rotatable bonds is 5. The van der Waals surface area contributed by atoms with E-state index in [0.717, 1.165) is 0 Å². The zero-order valence-electron chi connectivity index (χ0n) is 11.9. The summed E-state index contributed by atoms with van der Waals surface area (Å²) in [6.45, 7) is 2.91. The summed E-state index contributed by atoms with van der Waals surface area (Å²) in [6, 6.07) is 0. The maximum Gasteiger partial charge on any atom is 0.317 e. The average molecular weight is 303 g/mol. The Kier molecular flexibility index (Phi) is 7.06. The second-order valence-electron chi connectivity index (χ2n) is 4.81. The molecule has 1 aliphatic heterocycles. The van der Waals surface area contributed by atoms with E-state index in [1.54, 1.807) is 4.90 Å². The van der Waals surface area contributed by atoms with Gasteiger partial charge in [-0.3, -0.25) is 24.2 Å². The maximum absolute atomic E-state index is 11.2. The van der Waals surface area contributed by atoms with Crippen molar-refractivity contribution in [2.24, 2.45) is 0 Å². The molecule has 0 aromatic rings. The largest absolute Gasteiger partial charge is 0.480 e. The fourth-order valence-corrected chi connectivity index (χ4v) is 2.15. The molecule has 0 spiro atoms. The van der Waals surface area contributed by atoms with E-state index in [2.05, 4.69) is 5.32 Å². The van der Waals surface area contributed by atoms with Crippen LogP contribution >= 0.6 is 0 Å². The van der Waals surface area contributed by atoms with Gasteiger partial charge in [0.1, 0.15) is 0 Å². The molecule has 1 rings (SSSR count). The predicted molar refractivity (Wildman–Crippen MR) is 71.7 cm³/mol. The number of hydrogen-bond acceptors (Lipinski definition) is 7. The molecular weight excluding hydrogens is 282 g/mol. The lowest BCUT2D eigenvalue weighted by molar-refractivity contribution is -0.163. The number of carbonyl (C=O) groups excluding carboxylic acids is 1. The molecule has 21 heavy (non-hydrogen) atoms. The molecule has 120 valence electrons. The van der Waals surface area contributed by atoms with E-state index >= 15 is 0 Å². The summed E-state index contributed by atoms with van der Waals surface area (Å²) in [6.07, 6.45) is -0.780. The first-order valence-corrected chi connectivity index (χ1v) is 6.66. The lowest BCUT2D eigenvalue weighted by Crippen LogP contribution is -2.49. The Bertz CT molecular complexity index is 389. The van der Waals surface area contributed by atoms with Crippen LogP contribution in [0.4, 0.5) is 0 Å². The van der Waals surface area contributed by atoms with Crippen LogP contribution in [0.15, 0.2) is 0 Å². The fraction of sp³-hybridized carbons (Fsp3) is 0.750. The van der Waals surface area contributed by atoms with Crippen molar-refractivity contribution in [3.05, 3.63) is 0 Å². The summed E-state index contributed by atoms with van der Waals surface area (Å²) in [5.41, 5.74) is 0. The number of aliphatic carboxylic acids is 2. The first-order chi connectivity index (χ1) is 9.88. The number of nitrogens with zero attached hydrogens (tertiary/aromatic N) is 2. The minimum atomic E-state index is -1.03. The Balaban J connectivity index is 2.84. The second-order valence-corrected chi connectivity index (χ2v) is 4.81. The topological polar surface area (TPSA) is 119 Å². The molecule has 0 radical (unpaired) electrons. The summed E-state index contributed by atoms with van der Waals surface area (Å²) < 4.78 is 5.17. The first kappa shape index (κ1) is 17.3. The standard InChI is InChI=1S/C12H21N3O6/c1-9(16)21-10-6-14(7-11(17)18)4-2-13-3-5-15(10)8-12(19)20/h10,13H,2-8H2,1H3,(H,17,18)(H,19,20). The van der Waals surface area contributed by atoms with E-state index in [4.69, 9.17) is 14.9 Å². The minimum Gasteiger partial charge on any atom is -0.480 e. The molecular formula is C12H21N3O6. The molecule has 0 bridgehead atoms. The molecule has 0 aromatic heterocycles. The van der Waals surface area contributed by atoms with Crippen LogP contribution in [0.5, 0.6) is 0 Å². The van der Waals surface area contributed by atoms with E-state index in [0.29, 0.717) is 26.2 Å². The van der Waals surface area contributed by atoms with Crippen LogP contribution in [0.2, 0.25) is 0 Å². The van der Waals surface area contributed by atoms with Crippen molar-refractivity contribution in [1.29, 1.82) is 0 Å². The Hall–Kier alpha value is -1.71. The van der Waals surface area contributed by atoms with Crippen LogP contribution in [-0.4, -0.2) is 90.0 Å². The zero-order chi connectivity index (χ0) is 15.8. The highest BCUT2D eigenvalue weighted by molar-refractivity contribution is 5.70. The molecule has 0 saturated carbocycles. The van der Waals surface area contributed by atoms with Crippen molar-refractivity contribution in [1.82, 2.24) is 15.1 Å². The molecule has 0 aromatic carbocycles. The van der Waals surface area contributed by atoms with Crippen molar-refractivity contribution in [2.75, 3.05) is 45.8 Å². The first-order valence-electron chi connectivity index (χ1n) is 6.66. The molecule has 0 amide bonds. The van der Waals surface area contributed by atoms with Crippen LogP contribution in [-0.2, 0) is 19.1 Å². The van der Waals surface area contributed by atoms with E-state index in [9.17, 15) is 14.4 Å². The van der Waals surface area contributed by atoms with E-state index in [1.165, 1.54) is 11.8 Å². The summed E-state index contributed by atoms with van der Waals surface area (Å²) >= 11 is 0. The van der Waals surface area contributed by atoms with Crippen LogP contribution in [0.3, 0.4) is 0 Å². The Morgan fingerprint density at radius 1 is 1.14 bits per heavy atom. The van der Waals surface area contributed by atoms with Crippen LogP contribution in [0.1, 0.15) is 6.92 Å². The molecule has 9 nitrogen and oxygen atoms in total. The van der Waals surface area contributed by atoms with Crippen molar-refractivity contribution >= 4 is 17.9 Å². The third-order valence-electron chi connectivity index (χ3n) is 3.00. The molecule has 1 fully saturated rings. The van der Waals surface area contributed by atoms with Gasteiger partial charge in [0.2, 0.25) is 0 Å². The molecule has 1 aliphatic rings. The normalized spacial score (nSPS) is 21.9. The van der Waals surface area contributed by atoms with Gasteiger partial charge in [0.25, 0.3) is 0 Å². The highest BCUT2D eigenvalue weighted by Crippen LogP contribution is 2.07. The maximum atomic E-state index is 11.2. The molecule has 1 atom stereocenters. The van der Waals surface area contributed by atoms with Gasteiger partial charge in [0.15, 0.2) is 6.23 Å². The number of hydrogen-bond donors (Lipinski definition) is 3. The fourth-order valence-electron chi connectivity index (χ4n) is 2.15. The van der Waals surface area contributed by atoms with Gasteiger partial charge in [-0.25, -0.2) is 0 Å². The molecule has 0 aliphatic carbocycles. The number of esters is 1. The van der Waals surface area contributed by atoms with Gasteiger partial charge in [0, 0.05) is 33.1 Å². The predicted octanol–water partition coefficient (Wildman–Crippen LogP) is -1.75. The lowest BCUT2D eigenvalue weighted by atomic mass is 10.3. The van der Waals surface area contributed by atoms with Gasteiger partial charge in [-0.1, -0.05) is 0 Å². The number of carbonyl (C=O) groups is 3. The number of ether oxygens (including phenoxy) is 1.